The van der Waals surface area contributed by atoms with Crippen molar-refractivity contribution in [2.75, 3.05) is 12.0 Å². The molecule has 0 spiro atoms. The van der Waals surface area contributed by atoms with Crippen LogP contribution in [-0.4, -0.2) is 6.26 Å². The number of fused-ring (bicyclic) bond motifs is 1. The van der Waals surface area contributed by atoms with Gasteiger partial charge in [-0.15, -0.1) is 11.8 Å². The van der Waals surface area contributed by atoms with Crippen molar-refractivity contribution in [1.29, 1.82) is 0 Å². The number of nitrogen functional groups attached to an aromatic ring is 1. The van der Waals surface area contributed by atoms with Gasteiger partial charge in [-0.2, -0.15) is 0 Å². The summed E-state index contributed by atoms with van der Waals surface area (Å²) in [5.41, 5.74) is 9.36. The lowest BCUT2D eigenvalue weighted by molar-refractivity contribution is 1.46. The Labute approximate surface area is 117 Å². The SMILES string of the molecule is CSc1ccc(-c2cc(N)c3ccccc3c2)cc1. The van der Waals surface area contributed by atoms with E-state index in [1.165, 1.54) is 21.4 Å². The number of anilines is 1. The number of rotatable bonds is 2. The molecule has 0 radical (unpaired) electrons. The van der Waals surface area contributed by atoms with E-state index in [0.29, 0.717) is 0 Å². The fourth-order valence-electron chi connectivity index (χ4n) is 2.29. The number of hydrogen-bond acceptors (Lipinski definition) is 2. The minimum atomic E-state index is 0.835. The van der Waals surface area contributed by atoms with Crippen molar-refractivity contribution in [2.45, 2.75) is 4.90 Å². The largest absolute Gasteiger partial charge is 0.398 e. The van der Waals surface area contributed by atoms with Gasteiger partial charge >= 0.3 is 0 Å². The molecule has 2 N–H and O–H groups in total. The maximum absolute atomic E-state index is 6.15. The Morgan fingerprint density at radius 1 is 0.842 bits per heavy atom. The van der Waals surface area contributed by atoms with Gasteiger partial charge in [0, 0.05) is 16.0 Å². The molecule has 0 bridgehead atoms. The van der Waals surface area contributed by atoms with Gasteiger partial charge in [0.05, 0.1) is 0 Å². The highest BCUT2D eigenvalue weighted by Crippen LogP contribution is 2.30. The van der Waals surface area contributed by atoms with Crippen molar-refractivity contribution in [3.63, 3.8) is 0 Å². The van der Waals surface area contributed by atoms with E-state index in [4.69, 9.17) is 5.73 Å². The van der Waals surface area contributed by atoms with E-state index in [0.717, 1.165) is 11.1 Å². The van der Waals surface area contributed by atoms with Gasteiger partial charge < -0.3 is 5.73 Å². The Kier molecular flexibility index (Phi) is 3.18. The van der Waals surface area contributed by atoms with Crippen molar-refractivity contribution in [3.8, 4) is 11.1 Å². The molecule has 1 nitrogen and oxygen atoms in total. The predicted octanol–water partition coefficient (Wildman–Crippen LogP) is 4.81. The first-order valence-electron chi connectivity index (χ1n) is 6.20. The standard InChI is InChI=1S/C17H15NS/c1-19-15-8-6-12(7-9-15)14-10-13-4-2-3-5-16(13)17(18)11-14/h2-11H,18H2,1H3. The molecule has 3 aromatic carbocycles. The maximum Gasteiger partial charge on any atom is 0.0399 e. The lowest BCUT2D eigenvalue weighted by Crippen LogP contribution is -1.88. The number of hydrogen-bond donors (Lipinski definition) is 1. The minimum Gasteiger partial charge on any atom is -0.398 e. The Morgan fingerprint density at radius 2 is 1.58 bits per heavy atom. The molecule has 0 unspecified atom stereocenters. The summed E-state index contributed by atoms with van der Waals surface area (Å²) in [5.74, 6) is 0. The third-order valence-corrected chi connectivity index (χ3v) is 4.06. The van der Waals surface area contributed by atoms with Crippen LogP contribution in [0.25, 0.3) is 21.9 Å². The molecule has 0 saturated carbocycles. The molecule has 94 valence electrons. The first kappa shape index (κ1) is 12.1. The molecule has 0 aliphatic carbocycles. The summed E-state index contributed by atoms with van der Waals surface area (Å²) < 4.78 is 0. The molecule has 0 heterocycles. The van der Waals surface area contributed by atoms with Crippen LogP contribution in [0, 0.1) is 0 Å². The van der Waals surface area contributed by atoms with E-state index in [-0.39, 0.29) is 0 Å². The zero-order valence-corrected chi connectivity index (χ0v) is 11.6. The van der Waals surface area contributed by atoms with Gasteiger partial charge in [0.25, 0.3) is 0 Å². The van der Waals surface area contributed by atoms with Gasteiger partial charge in [0.1, 0.15) is 0 Å². The molecule has 0 saturated heterocycles. The molecule has 0 aliphatic rings. The van der Waals surface area contributed by atoms with Crippen LogP contribution in [0.2, 0.25) is 0 Å². The maximum atomic E-state index is 6.15. The highest BCUT2D eigenvalue weighted by Gasteiger charge is 2.03. The Balaban J connectivity index is 2.14. The van der Waals surface area contributed by atoms with Crippen LogP contribution in [0.5, 0.6) is 0 Å². The second-order valence-corrected chi connectivity index (χ2v) is 5.39. The summed E-state index contributed by atoms with van der Waals surface area (Å²) in [5, 5.41) is 2.30. The van der Waals surface area contributed by atoms with Crippen molar-refractivity contribution in [2.24, 2.45) is 0 Å². The first-order chi connectivity index (χ1) is 9.28. The van der Waals surface area contributed by atoms with Crippen LogP contribution in [0.1, 0.15) is 0 Å². The highest BCUT2D eigenvalue weighted by molar-refractivity contribution is 7.98. The van der Waals surface area contributed by atoms with E-state index in [2.05, 4.69) is 54.8 Å². The quantitative estimate of drug-likeness (QED) is 0.531. The minimum absolute atomic E-state index is 0.835. The van der Waals surface area contributed by atoms with E-state index < -0.39 is 0 Å². The van der Waals surface area contributed by atoms with Crippen LogP contribution in [0.3, 0.4) is 0 Å². The average molecular weight is 265 g/mol. The molecular formula is C17H15NS. The summed E-state index contributed by atoms with van der Waals surface area (Å²) in [6.45, 7) is 0. The third kappa shape index (κ3) is 2.32. The summed E-state index contributed by atoms with van der Waals surface area (Å²) in [6, 6.07) is 21.1. The van der Waals surface area contributed by atoms with Crippen molar-refractivity contribution >= 4 is 28.2 Å². The summed E-state index contributed by atoms with van der Waals surface area (Å²) >= 11 is 1.75. The Hall–Kier alpha value is -1.93. The number of thioether (sulfide) groups is 1. The summed E-state index contributed by atoms with van der Waals surface area (Å²) in [7, 11) is 0. The van der Waals surface area contributed by atoms with Gasteiger partial charge in [0.15, 0.2) is 0 Å². The van der Waals surface area contributed by atoms with Gasteiger partial charge in [-0.05, 0) is 47.0 Å². The van der Waals surface area contributed by atoms with Gasteiger partial charge in [-0.25, -0.2) is 0 Å². The number of nitrogens with two attached hydrogens (primary N) is 1. The molecule has 0 amide bonds. The van der Waals surface area contributed by atoms with Crippen LogP contribution >= 0.6 is 11.8 Å². The highest BCUT2D eigenvalue weighted by atomic mass is 32.2. The summed E-state index contributed by atoms with van der Waals surface area (Å²) in [6.07, 6.45) is 2.09. The first-order valence-corrected chi connectivity index (χ1v) is 7.43. The molecule has 0 atom stereocenters. The third-order valence-electron chi connectivity index (χ3n) is 3.32. The molecule has 0 fully saturated rings. The van der Waals surface area contributed by atoms with Crippen LogP contribution in [0.4, 0.5) is 5.69 Å². The second kappa shape index (κ2) is 4.98. The van der Waals surface area contributed by atoms with Crippen molar-refractivity contribution in [3.05, 3.63) is 60.7 Å². The monoisotopic (exact) mass is 265 g/mol. The molecule has 3 aromatic rings. The molecule has 3 rings (SSSR count). The van der Waals surface area contributed by atoms with E-state index in [1.54, 1.807) is 11.8 Å². The van der Waals surface area contributed by atoms with E-state index in [9.17, 15) is 0 Å². The molecule has 0 aliphatic heterocycles. The number of benzene rings is 3. The van der Waals surface area contributed by atoms with E-state index >= 15 is 0 Å². The molecule has 2 heteroatoms. The topological polar surface area (TPSA) is 26.0 Å². The zero-order valence-electron chi connectivity index (χ0n) is 10.8. The lowest BCUT2D eigenvalue weighted by atomic mass is 10.00. The van der Waals surface area contributed by atoms with Crippen LogP contribution < -0.4 is 5.73 Å². The van der Waals surface area contributed by atoms with Gasteiger partial charge in [-0.1, -0.05) is 36.4 Å². The fraction of sp³-hybridized carbons (Fsp3) is 0.0588. The Morgan fingerprint density at radius 3 is 2.32 bits per heavy atom. The molecule has 19 heavy (non-hydrogen) atoms. The normalized spacial score (nSPS) is 10.8. The predicted molar refractivity (Wildman–Crippen MR) is 85.6 cm³/mol. The van der Waals surface area contributed by atoms with Gasteiger partial charge in [0.2, 0.25) is 0 Å². The van der Waals surface area contributed by atoms with Crippen LogP contribution in [0.15, 0.2) is 65.6 Å². The van der Waals surface area contributed by atoms with Crippen LogP contribution in [-0.2, 0) is 0 Å². The van der Waals surface area contributed by atoms with Gasteiger partial charge in [-0.3, -0.25) is 0 Å². The Bertz CT molecular complexity index is 717. The fourth-order valence-corrected chi connectivity index (χ4v) is 2.70. The zero-order chi connectivity index (χ0) is 13.2. The molecule has 0 aromatic heterocycles. The molecular weight excluding hydrogens is 250 g/mol. The lowest BCUT2D eigenvalue weighted by Gasteiger charge is -2.08. The van der Waals surface area contributed by atoms with Crippen molar-refractivity contribution < 1.29 is 0 Å². The van der Waals surface area contributed by atoms with E-state index in [1.807, 2.05) is 12.1 Å². The summed E-state index contributed by atoms with van der Waals surface area (Å²) in [4.78, 5) is 1.28. The van der Waals surface area contributed by atoms with Crippen molar-refractivity contribution in [1.82, 2.24) is 0 Å². The second-order valence-electron chi connectivity index (χ2n) is 4.52. The average Bonchev–Trinajstić information content (AvgIpc) is 2.47. The smallest absolute Gasteiger partial charge is 0.0399 e.